The topological polar surface area (TPSA) is 43.4 Å². The van der Waals surface area contributed by atoms with Crippen LogP contribution in [0.5, 0.6) is 0 Å². The minimum absolute atomic E-state index is 0.108. The van der Waals surface area contributed by atoms with E-state index in [-0.39, 0.29) is 17.5 Å². The van der Waals surface area contributed by atoms with Gasteiger partial charge in [0, 0.05) is 47.8 Å². The largest absolute Gasteiger partial charge is 0.465 e. The molecule has 0 N–H and O–H groups in total. The third-order valence-electron chi connectivity index (χ3n) is 4.84. The van der Waals surface area contributed by atoms with Crippen molar-refractivity contribution in [1.82, 2.24) is 0 Å². The van der Waals surface area contributed by atoms with Gasteiger partial charge in [-0.3, -0.25) is 9.59 Å². The van der Waals surface area contributed by atoms with Gasteiger partial charge in [0.2, 0.25) is 0 Å². The minimum Gasteiger partial charge on any atom is -0.465 e. The molecule has 1 heterocycles. The Labute approximate surface area is 140 Å². The molecule has 0 aromatic heterocycles. The summed E-state index contributed by atoms with van der Waals surface area (Å²) in [5, 5.41) is 0.647. The first kappa shape index (κ1) is 14.7. The van der Waals surface area contributed by atoms with Crippen LogP contribution in [0.15, 0.2) is 46.9 Å². The third kappa shape index (κ3) is 2.43. The molecule has 1 aromatic carbocycles. The fraction of sp³-hybridized carbons (Fsp3) is 0.368. The molecule has 4 rings (SSSR count). The first-order valence-electron chi connectivity index (χ1n) is 8.11. The normalized spacial score (nSPS) is 22.0. The molecule has 0 amide bonds. The quantitative estimate of drug-likeness (QED) is 0.764. The van der Waals surface area contributed by atoms with Crippen LogP contribution in [-0.4, -0.2) is 11.6 Å². The molecule has 23 heavy (non-hydrogen) atoms. The zero-order valence-corrected chi connectivity index (χ0v) is 13.5. The predicted molar refractivity (Wildman–Crippen MR) is 87.0 cm³/mol. The highest BCUT2D eigenvalue weighted by molar-refractivity contribution is 6.30. The molecule has 0 atom stereocenters. The maximum absolute atomic E-state index is 12.6. The highest BCUT2D eigenvalue weighted by atomic mass is 35.5. The summed E-state index contributed by atoms with van der Waals surface area (Å²) in [6.45, 7) is 0. The number of ether oxygens (including phenoxy) is 1. The van der Waals surface area contributed by atoms with E-state index in [2.05, 4.69) is 0 Å². The van der Waals surface area contributed by atoms with E-state index >= 15 is 0 Å². The molecule has 0 spiro atoms. The highest BCUT2D eigenvalue weighted by Gasteiger charge is 2.41. The van der Waals surface area contributed by atoms with Crippen LogP contribution < -0.4 is 0 Å². The molecule has 3 nitrogen and oxygen atoms in total. The Bertz CT molecular complexity index is 713. The second-order valence-electron chi connectivity index (χ2n) is 6.31. The summed E-state index contributed by atoms with van der Waals surface area (Å²) in [6.07, 6.45) is 4.25. The Morgan fingerprint density at radius 1 is 0.826 bits per heavy atom. The zero-order chi connectivity index (χ0) is 16.0. The van der Waals surface area contributed by atoms with E-state index in [1.165, 1.54) is 0 Å². The van der Waals surface area contributed by atoms with Gasteiger partial charge in [-0.25, -0.2) is 0 Å². The maximum atomic E-state index is 12.6. The standard InChI is InChI=1S/C19H17ClO3/c20-12-9-7-11(8-10-12)17-18-13(21)3-1-5-15(18)23-16-6-2-4-14(22)19(16)17/h7-10,17H,1-6H2. The van der Waals surface area contributed by atoms with Crippen LogP contribution in [0.2, 0.25) is 5.02 Å². The van der Waals surface area contributed by atoms with E-state index in [1.807, 2.05) is 24.3 Å². The molecule has 0 unspecified atom stereocenters. The summed E-state index contributed by atoms with van der Waals surface area (Å²) in [5.41, 5.74) is 2.32. The van der Waals surface area contributed by atoms with Gasteiger partial charge in [0.25, 0.3) is 0 Å². The third-order valence-corrected chi connectivity index (χ3v) is 5.10. The molecule has 0 fully saturated rings. The summed E-state index contributed by atoms with van der Waals surface area (Å²) in [7, 11) is 0. The second-order valence-corrected chi connectivity index (χ2v) is 6.75. The van der Waals surface area contributed by atoms with Gasteiger partial charge in [0.1, 0.15) is 11.5 Å². The molecule has 0 bridgehead atoms. The van der Waals surface area contributed by atoms with Crippen LogP contribution in [0.3, 0.4) is 0 Å². The first-order chi connectivity index (χ1) is 11.1. The van der Waals surface area contributed by atoms with Gasteiger partial charge in [0.15, 0.2) is 11.6 Å². The maximum Gasteiger partial charge on any atom is 0.163 e. The molecule has 0 saturated carbocycles. The Morgan fingerprint density at radius 2 is 1.35 bits per heavy atom. The number of carbonyl (C=O) groups is 2. The van der Waals surface area contributed by atoms with Gasteiger partial charge in [-0.05, 0) is 30.5 Å². The number of benzene rings is 1. The summed E-state index contributed by atoms with van der Waals surface area (Å²) in [6, 6.07) is 7.45. The van der Waals surface area contributed by atoms with E-state index in [0.29, 0.717) is 29.0 Å². The summed E-state index contributed by atoms with van der Waals surface area (Å²) in [4.78, 5) is 25.1. The number of carbonyl (C=O) groups excluding carboxylic acids is 2. The van der Waals surface area contributed by atoms with Crippen molar-refractivity contribution in [1.29, 1.82) is 0 Å². The van der Waals surface area contributed by atoms with Gasteiger partial charge in [-0.15, -0.1) is 0 Å². The number of hydrogen-bond acceptors (Lipinski definition) is 3. The van der Waals surface area contributed by atoms with E-state index in [9.17, 15) is 9.59 Å². The number of allylic oxidation sites excluding steroid dienone is 4. The van der Waals surface area contributed by atoms with Gasteiger partial charge < -0.3 is 4.74 Å². The van der Waals surface area contributed by atoms with Crippen molar-refractivity contribution in [2.75, 3.05) is 0 Å². The van der Waals surface area contributed by atoms with E-state index < -0.39 is 0 Å². The lowest BCUT2D eigenvalue weighted by Gasteiger charge is -2.35. The summed E-state index contributed by atoms with van der Waals surface area (Å²) < 4.78 is 6.00. The van der Waals surface area contributed by atoms with Crippen molar-refractivity contribution >= 4 is 23.2 Å². The Balaban J connectivity index is 1.90. The molecular weight excluding hydrogens is 312 g/mol. The fourth-order valence-corrected chi connectivity index (χ4v) is 3.93. The zero-order valence-electron chi connectivity index (χ0n) is 12.7. The predicted octanol–water partition coefficient (Wildman–Crippen LogP) is 4.47. The summed E-state index contributed by atoms with van der Waals surface area (Å²) in [5.74, 6) is 1.48. The molecule has 118 valence electrons. The monoisotopic (exact) mass is 328 g/mol. The van der Waals surface area contributed by atoms with Crippen molar-refractivity contribution < 1.29 is 14.3 Å². The van der Waals surface area contributed by atoms with Crippen LogP contribution >= 0.6 is 11.6 Å². The number of hydrogen-bond donors (Lipinski definition) is 0. The van der Waals surface area contributed by atoms with Crippen molar-refractivity contribution in [2.24, 2.45) is 0 Å². The Morgan fingerprint density at radius 3 is 1.87 bits per heavy atom. The van der Waals surface area contributed by atoms with E-state index in [4.69, 9.17) is 16.3 Å². The van der Waals surface area contributed by atoms with Crippen molar-refractivity contribution in [3.05, 3.63) is 57.5 Å². The molecular formula is C19H17ClO3. The molecule has 4 heteroatoms. The molecule has 0 saturated heterocycles. The van der Waals surface area contributed by atoms with Crippen molar-refractivity contribution in [3.8, 4) is 0 Å². The van der Waals surface area contributed by atoms with Gasteiger partial charge in [-0.1, -0.05) is 23.7 Å². The number of halogens is 1. The summed E-state index contributed by atoms with van der Waals surface area (Å²) >= 11 is 6.00. The lowest BCUT2D eigenvalue weighted by atomic mass is 9.73. The fourth-order valence-electron chi connectivity index (χ4n) is 3.81. The van der Waals surface area contributed by atoms with Crippen LogP contribution in [0.1, 0.15) is 50.0 Å². The smallest absolute Gasteiger partial charge is 0.163 e. The van der Waals surface area contributed by atoms with Crippen LogP contribution in [-0.2, 0) is 14.3 Å². The molecule has 1 aromatic rings. The molecule has 3 aliphatic rings. The lowest BCUT2D eigenvalue weighted by molar-refractivity contribution is -0.117. The number of ketones is 2. The van der Waals surface area contributed by atoms with Crippen molar-refractivity contribution in [2.45, 2.75) is 44.4 Å². The van der Waals surface area contributed by atoms with Crippen molar-refractivity contribution in [3.63, 3.8) is 0 Å². The molecule has 0 radical (unpaired) electrons. The Hall–Kier alpha value is -1.87. The van der Waals surface area contributed by atoms with Crippen LogP contribution in [0.25, 0.3) is 0 Å². The van der Waals surface area contributed by atoms with Gasteiger partial charge in [0.05, 0.1) is 0 Å². The van der Waals surface area contributed by atoms with Crippen LogP contribution in [0.4, 0.5) is 0 Å². The SMILES string of the molecule is O=C1CCCC2=C1C(c1ccc(Cl)cc1)C1=C(CCCC1=O)O2. The Kier molecular flexibility index (Phi) is 3.61. The van der Waals surface area contributed by atoms with Gasteiger partial charge in [-0.2, -0.15) is 0 Å². The van der Waals surface area contributed by atoms with Crippen LogP contribution in [0, 0.1) is 0 Å². The van der Waals surface area contributed by atoms with Gasteiger partial charge >= 0.3 is 0 Å². The molecule has 1 aliphatic heterocycles. The first-order valence-corrected chi connectivity index (χ1v) is 8.49. The lowest BCUT2D eigenvalue weighted by Crippen LogP contribution is -2.30. The van der Waals surface area contributed by atoms with E-state index in [0.717, 1.165) is 42.8 Å². The van der Waals surface area contributed by atoms with E-state index in [1.54, 1.807) is 0 Å². The average Bonchev–Trinajstić information content (AvgIpc) is 2.54. The number of Topliss-reactive ketones (excluding diaryl/α,β-unsaturated/α-hetero) is 2. The highest BCUT2D eigenvalue weighted by Crippen LogP contribution is 2.47. The average molecular weight is 329 g/mol. The second kappa shape index (κ2) is 5.64. The molecule has 2 aliphatic carbocycles. The number of rotatable bonds is 1. The minimum atomic E-state index is -0.286.